The van der Waals surface area contributed by atoms with Gasteiger partial charge in [0.05, 0.1) is 12.2 Å². The predicted octanol–water partition coefficient (Wildman–Crippen LogP) is 3.03. The second-order valence-electron chi connectivity index (χ2n) is 5.32. The molecule has 1 aliphatic heterocycles. The zero-order valence-electron chi connectivity index (χ0n) is 11.3. The summed E-state index contributed by atoms with van der Waals surface area (Å²) in [6.45, 7) is 2.59. The van der Waals surface area contributed by atoms with Crippen molar-refractivity contribution in [3.8, 4) is 0 Å². The number of piperidine rings is 1. The van der Waals surface area contributed by atoms with E-state index in [1.54, 1.807) is 4.90 Å². The van der Waals surface area contributed by atoms with Gasteiger partial charge in [-0.05, 0) is 24.5 Å². The van der Waals surface area contributed by atoms with Crippen LogP contribution in [-0.4, -0.2) is 32.1 Å². The molecule has 2 atom stereocenters. The van der Waals surface area contributed by atoms with Crippen LogP contribution < -0.4 is 10.2 Å². The number of rotatable bonds is 4. The highest BCUT2D eigenvalue weighted by Crippen LogP contribution is 2.26. The first-order valence-electron chi connectivity index (χ1n) is 6.68. The SMILES string of the molecule is CC1CC(NCC(F)F)CN(c2cccc(F)c2F)C1. The predicted molar refractivity (Wildman–Crippen MR) is 70.1 cm³/mol. The van der Waals surface area contributed by atoms with E-state index in [4.69, 9.17) is 0 Å². The highest BCUT2D eigenvalue weighted by atomic mass is 19.3. The van der Waals surface area contributed by atoms with Crippen molar-refractivity contribution in [1.82, 2.24) is 5.32 Å². The number of halogens is 4. The van der Waals surface area contributed by atoms with Crippen LogP contribution in [0.3, 0.4) is 0 Å². The minimum absolute atomic E-state index is 0.143. The van der Waals surface area contributed by atoms with Crippen molar-refractivity contribution in [1.29, 1.82) is 0 Å². The molecule has 20 heavy (non-hydrogen) atoms. The van der Waals surface area contributed by atoms with E-state index >= 15 is 0 Å². The Bertz CT molecular complexity index is 453. The first-order valence-corrected chi connectivity index (χ1v) is 6.68. The summed E-state index contributed by atoms with van der Waals surface area (Å²) in [5, 5.41) is 2.78. The first kappa shape index (κ1) is 15.1. The summed E-state index contributed by atoms with van der Waals surface area (Å²) in [6, 6.07) is 3.89. The molecule has 2 unspecified atom stereocenters. The number of benzene rings is 1. The van der Waals surface area contributed by atoms with E-state index in [-0.39, 0.29) is 24.2 Å². The van der Waals surface area contributed by atoms with Gasteiger partial charge in [0, 0.05) is 19.1 Å². The molecule has 1 fully saturated rings. The zero-order chi connectivity index (χ0) is 14.7. The molecular formula is C14H18F4N2. The van der Waals surface area contributed by atoms with Gasteiger partial charge in [0.25, 0.3) is 6.43 Å². The summed E-state index contributed by atoms with van der Waals surface area (Å²) in [5.41, 5.74) is 0.195. The third-order valence-electron chi connectivity index (χ3n) is 3.49. The van der Waals surface area contributed by atoms with Gasteiger partial charge < -0.3 is 10.2 Å². The van der Waals surface area contributed by atoms with Gasteiger partial charge in [0.1, 0.15) is 0 Å². The first-order chi connectivity index (χ1) is 9.47. The Kier molecular flexibility index (Phi) is 4.86. The fourth-order valence-corrected chi connectivity index (χ4v) is 2.69. The van der Waals surface area contributed by atoms with Gasteiger partial charge in [-0.3, -0.25) is 0 Å². The number of hydrogen-bond acceptors (Lipinski definition) is 2. The van der Waals surface area contributed by atoms with Crippen molar-refractivity contribution in [2.75, 3.05) is 24.5 Å². The Balaban J connectivity index is 2.09. The monoisotopic (exact) mass is 290 g/mol. The zero-order valence-corrected chi connectivity index (χ0v) is 11.3. The van der Waals surface area contributed by atoms with Crippen LogP contribution in [0.2, 0.25) is 0 Å². The number of hydrogen-bond donors (Lipinski definition) is 1. The molecule has 0 saturated carbocycles. The van der Waals surface area contributed by atoms with Crippen LogP contribution in [0.15, 0.2) is 18.2 Å². The van der Waals surface area contributed by atoms with Crippen LogP contribution in [0.1, 0.15) is 13.3 Å². The summed E-state index contributed by atoms with van der Waals surface area (Å²) < 4.78 is 51.5. The lowest BCUT2D eigenvalue weighted by atomic mass is 9.95. The molecule has 2 nitrogen and oxygen atoms in total. The number of alkyl halides is 2. The van der Waals surface area contributed by atoms with Crippen LogP contribution in [0.4, 0.5) is 23.2 Å². The van der Waals surface area contributed by atoms with Gasteiger partial charge in [-0.15, -0.1) is 0 Å². The Morgan fingerprint density at radius 3 is 2.75 bits per heavy atom. The third-order valence-corrected chi connectivity index (χ3v) is 3.49. The average molecular weight is 290 g/mol. The van der Waals surface area contributed by atoms with E-state index in [0.29, 0.717) is 13.1 Å². The molecule has 0 aromatic heterocycles. The lowest BCUT2D eigenvalue weighted by molar-refractivity contribution is 0.138. The molecule has 0 aliphatic carbocycles. The summed E-state index contributed by atoms with van der Waals surface area (Å²) in [6.07, 6.45) is -1.66. The van der Waals surface area contributed by atoms with Crippen LogP contribution in [0, 0.1) is 17.6 Å². The Morgan fingerprint density at radius 2 is 2.05 bits per heavy atom. The largest absolute Gasteiger partial charge is 0.367 e. The van der Waals surface area contributed by atoms with Crippen LogP contribution in [0.5, 0.6) is 0 Å². The highest BCUT2D eigenvalue weighted by molar-refractivity contribution is 5.48. The second-order valence-corrected chi connectivity index (χ2v) is 5.32. The quantitative estimate of drug-likeness (QED) is 0.858. The van der Waals surface area contributed by atoms with Crippen molar-refractivity contribution in [3.05, 3.63) is 29.8 Å². The molecule has 112 valence electrons. The van der Waals surface area contributed by atoms with Gasteiger partial charge in [0.2, 0.25) is 0 Å². The maximum absolute atomic E-state index is 13.8. The summed E-state index contributed by atoms with van der Waals surface area (Å²) in [5.74, 6) is -1.55. The van der Waals surface area contributed by atoms with E-state index in [1.165, 1.54) is 12.1 Å². The molecule has 1 aromatic carbocycles. The minimum atomic E-state index is -2.41. The number of nitrogens with zero attached hydrogens (tertiary/aromatic N) is 1. The van der Waals surface area contributed by atoms with Gasteiger partial charge in [-0.2, -0.15) is 0 Å². The van der Waals surface area contributed by atoms with Gasteiger partial charge in [-0.1, -0.05) is 13.0 Å². The molecule has 1 aliphatic rings. The molecule has 6 heteroatoms. The van der Waals surface area contributed by atoms with Crippen molar-refractivity contribution in [2.24, 2.45) is 5.92 Å². The smallest absolute Gasteiger partial charge is 0.250 e. The minimum Gasteiger partial charge on any atom is -0.367 e. The van der Waals surface area contributed by atoms with Gasteiger partial charge in [-0.25, -0.2) is 17.6 Å². The molecule has 1 N–H and O–H groups in total. The third kappa shape index (κ3) is 3.62. The number of nitrogens with one attached hydrogen (secondary N) is 1. The average Bonchev–Trinajstić information content (AvgIpc) is 2.39. The summed E-state index contributed by atoms with van der Waals surface area (Å²) >= 11 is 0. The summed E-state index contributed by atoms with van der Waals surface area (Å²) in [4.78, 5) is 1.72. The van der Waals surface area contributed by atoms with E-state index < -0.39 is 18.1 Å². The maximum atomic E-state index is 13.8. The number of anilines is 1. The second kappa shape index (κ2) is 6.43. The Labute approximate surface area is 115 Å². The topological polar surface area (TPSA) is 15.3 Å². The fourth-order valence-electron chi connectivity index (χ4n) is 2.69. The van der Waals surface area contributed by atoms with Gasteiger partial charge >= 0.3 is 0 Å². The van der Waals surface area contributed by atoms with Crippen molar-refractivity contribution < 1.29 is 17.6 Å². The Morgan fingerprint density at radius 1 is 1.30 bits per heavy atom. The molecule has 0 radical (unpaired) electrons. The molecular weight excluding hydrogens is 272 g/mol. The summed E-state index contributed by atoms with van der Waals surface area (Å²) in [7, 11) is 0. The van der Waals surface area contributed by atoms with Gasteiger partial charge in [0.15, 0.2) is 11.6 Å². The Hall–Kier alpha value is -1.30. The van der Waals surface area contributed by atoms with E-state index in [1.807, 2.05) is 6.92 Å². The van der Waals surface area contributed by atoms with Crippen LogP contribution in [0.25, 0.3) is 0 Å². The maximum Gasteiger partial charge on any atom is 0.250 e. The molecule has 2 rings (SSSR count). The normalized spacial score (nSPS) is 23.4. The van der Waals surface area contributed by atoms with E-state index in [2.05, 4.69) is 5.32 Å². The highest BCUT2D eigenvalue weighted by Gasteiger charge is 2.27. The lowest BCUT2D eigenvalue weighted by Gasteiger charge is -2.38. The molecule has 1 saturated heterocycles. The van der Waals surface area contributed by atoms with E-state index in [0.717, 1.165) is 12.5 Å². The molecule has 1 heterocycles. The molecule has 0 bridgehead atoms. The lowest BCUT2D eigenvalue weighted by Crippen LogP contribution is -2.50. The van der Waals surface area contributed by atoms with Crippen LogP contribution in [-0.2, 0) is 0 Å². The molecule has 0 spiro atoms. The van der Waals surface area contributed by atoms with Crippen molar-refractivity contribution in [3.63, 3.8) is 0 Å². The van der Waals surface area contributed by atoms with E-state index in [9.17, 15) is 17.6 Å². The molecule has 1 aromatic rings. The van der Waals surface area contributed by atoms with Crippen molar-refractivity contribution >= 4 is 5.69 Å². The fraction of sp³-hybridized carbons (Fsp3) is 0.571. The standard InChI is InChI=1S/C14H18F4N2/c1-9-5-10(19-6-13(16)17)8-20(7-9)12-4-2-3-11(15)14(12)18/h2-4,9-10,13,19H,5-8H2,1H3. The van der Waals surface area contributed by atoms with Crippen molar-refractivity contribution in [2.45, 2.75) is 25.8 Å². The molecule has 0 amide bonds. The van der Waals surface area contributed by atoms with Crippen LogP contribution >= 0.6 is 0 Å².